The second-order valence-electron chi connectivity index (χ2n) is 6.33. The molecule has 0 bridgehead atoms. The molecule has 3 nitrogen and oxygen atoms in total. The fourth-order valence-corrected chi connectivity index (χ4v) is 3.21. The lowest BCUT2D eigenvalue weighted by molar-refractivity contribution is 0.292. The number of nitrogens with two attached hydrogens (primary N) is 1. The Bertz CT molecular complexity index is 508. The van der Waals surface area contributed by atoms with Crippen LogP contribution in [-0.4, -0.2) is 23.1 Å². The number of anilines is 1. The number of nitrogens with zero attached hydrogens (tertiary/aromatic N) is 2. The third kappa shape index (κ3) is 3.06. The van der Waals surface area contributed by atoms with Crippen LogP contribution in [0.1, 0.15) is 43.5 Å². The standard InChI is InChI=1S/C15H23N3S/c1-10-8-11(2)17-14(12(10)13(16)19)18-7-5-6-15(3,4)9-18/h8H,5-7,9H2,1-4H3,(H2,16,19). The molecule has 0 unspecified atom stereocenters. The average molecular weight is 277 g/mol. The van der Waals surface area contributed by atoms with Crippen LogP contribution in [0.4, 0.5) is 5.82 Å². The van der Waals surface area contributed by atoms with Crippen molar-refractivity contribution in [1.82, 2.24) is 4.98 Å². The summed E-state index contributed by atoms with van der Waals surface area (Å²) in [4.78, 5) is 7.50. The number of thiocarbonyl (C=S) groups is 1. The Morgan fingerprint density at radius 3 is 2.68 bits per heavy atom. The first-order valence-corrected chi connectivity index (χ1v) is 7.24. The van der Waals surface area contributed by atoms with Gasteiger partial charge in [0.2, 0.25) is 0 Å². The number of pyridine rings is 1. The van der Waals surface area contributed by atoms with Crippen molar-refractivity contribution in [2.75, 3.05) is 18.0 Å². The van der Waals surface area contributed by atoms with Crippen molar-refractivity contribution in [1.29, 1.82) is 0 Å². The zero-order valence-electron chi connectivity index (χ0n) is 12.3. The summed E-state index contributed by atoms with van der Waals surface area (Å²) in [7, 11) is 0. The minimum atomic E-state index is 0.324. The maximum atomic E-state index is 5.90. The predicted octanol–water partition coefficient (Wildman–Crippen LogP) is 2.96. The van der Waals surface area contributed by atoms with E-state index in [4.69, 9.17) is 22.9 Å². The number of hydrogen-bond donors (Lipinski definition) is 1. The summed E-state index contributed by atoms with van der Waals surface area (Å²) in [6, 6.07) is 2.05. The van der Waals surface area contributed by atoms with Gasteiger partial charge in [0.1, 0.15) is 10.8 Å². The molecule has 0 spiro atoms. The second kappa shape index (κ2) is 5.08. The van der Waals surface area contributed by atoms with Gasteiger partial charge in [-0.05, 0) is 43.7 Å². The van der Waals surface area contributed by atoms with Crippen molar-refractivity contribution >= 4 is 23.0 Å². The first-order valence-electron chi connectivity index (χ1n) is 6.83. The molecule has 2 rings (SSSR count). The molecule has 0 aromatic carbocycles. The molecule has 0 amide bonds. The zero-order valence-corrected chi connectivity index (χ0v) is 13.1. The van der Waals surface area contributed by atoms with Crippen LogP contribution in [0.15, 0.2) is 6.07 Å². The lowest BCUT2D eigenvalue weighted by Crippen LogP contribution is -2.41. The summed E-state index contributed by atoms with van der Waals surface area (Å²) in [5.41, 5.74) is 9.32. The minimum absolute atomic E-state index is 0.324. The molecule has 1 aromatic heterocycles. The smallest absolute Gasteiger partial charge is 0.139 e. The van der Waals surface area contributed by atoms with Gasteiger partial charge in [0.05, 0.1) is 5.56 Å². The van der Waals surface area contributed by atoms with Gasteiger partial charge in [-0.25, -0.2) is 4.98 Å². The third-order valence-electron chi connectivity index (χ3n) is 3.77. The maximum absolute atomic E-state index is 5.90. The van der Waals surface area contributed by atoms with Crippen LogP contribution in [-0.2, 0) is 0 Å². The van der Waals surface area contributed by atoms with Crippen LogP contribution in [0.3, 0.4) is 0 Å². The van der Waals surface area contributed by atoms with E-state index < -0.39 is 0 Å². The summed E-state index contributed by atoms with van der Waals surface area (Å²) < 4.78 is 0. The lowest BCUT2D eigenvalue weighted by atomic mass is 9.84. The highest BCUT2D eigenvalue weighted by molar-refractivity contribution is 7.80. The normalized spacial score (nSPS) is 18.4. The fourth-order valence-electron chi connectivity index (χ4n) is 2.95. The Morgan fingerprint density at radius 1 is 1.42 bits per heavy atom. The van der Waals surface area contributed by atoms with E-state index in [9.17, 15) is 0 Å². The van der Waals surface area contributed by atoms with E-state index in [-0.39, 0.29) is 0 Å². The quantitative estimate of drug-likeness (QED) is 0.844. The number of aryl methyl sites for hydroxylation is 2. The molecule has 0 saturated carbocycles. The Labute approximate surface area is 121 Å². The number of rotatable bonds is 2. The molecule has 1 fully saturated rings. The minimum Gasteiger partial charge on any atom is -0.389 e. The Morgan fingerprint density at radius 2 is 2.11 bits per heavy atom. The van der Waals surface area contributed by atoms with E-state index in [0.29, 0.717) is 10.4 Å². The molecule has 1 saturated heterocycles. The van der Waals surface area contributed by atoms with E-state index in [1.807, 2.05) is 13.0 Å². The van der Waals surface area contributed by atoms with E-state index in [1.54, 1.807) is 0 Å². The van der Waals surface area contributed by atoms with E-state index in [0.717, 1.165) is 35.7 Å². The Hall–Kier alpha value is -1.16. The van der Waals surface area contributed by atoms with Gasteiger partial charge in [0.25, 0.3) is 0 Å². The Balaban J connectivity index is 2.46. The van der Waals surface area contributed by atoms with Crippen molar-refractivity contribution in [3.63, 3.8) is 0 Å². The van der Waals surface area contributed by atoms with E-state index in [1.165, 1.54) is 12.8 Å². The molecule has 4 heteroatoms. The molecule has 1 aromatic rings. The summed E-state index contributed by atoms with van der Waals surface area (Å²) in [6.45, 7) is 10.7. The summed E-state index contributed by atoms with van der Waals surface area (Å²) in [5, 5.41) is 0. The number of hydrogen-bond acceptors (Lipinski definition) is 3. The first kappa shape index (κ1) is 14.3. The van der Waals surface area contributed by atoms with Crippen molar-refractivity contribution < 1.29 is 0 Å². The molecule has 19 heavy (non-hydrogen) atoms. The first-order chi connectivity index (χ1) is 8.80. The van der Waals surface area contributed by atoms with Gasteiger partial charge in [0.15, 0.2) is 0 Å². The molecule has 2 heterocycles. The zero-order chi connectivity index (χ0) is 14.2. The molecule has 104 valence electrons. The summed E-state index contributed by atoms with van der Waals surface area (Å²) in [6.07, 6.45) is 2.45. The van der Waals surface area contributed by atoms with Crippen molar-refractivity contribution in [2.45, 2.75) is 40.5 Å². The third-order valence-corrected chi connectivity index (χ3v) is 3.98. The predicted molar refractivity (Wildman–Crippen MR) is 84.8 cm³/mol. The van der Waals surface area contributed by atoms with Crippen LogP contribution >= 0.6 is 12.2 Å². The van der Waals surface area contributed by atoms with E-state index >= 15 is 0 Å². The van der Waals surface area contributed by atoms with Crippen LogP contribution in [0.2, 0.25) is 0 Å². The van der Waals surface area contributed by atoms with Gasteiger partial charge in [0, 0.05) is 18.8 Å². The SMILES string of the molecule is Cc1cc(C)c(C(N)=S)c(N2CCCC(C)(C)C2)n1. The Kier molecular flexibility index (Phi) is 3.81. The molecule has 1 aliphatic heterocycles. The second-order valence-corrected chi connectivity index (χ2v) is 6.77. The van der Waals surface area contributed by atoms with Gasteiger partial charge in [-0.15, -0.1) is 0 Å². The molecule has 0 aliphatic carbocycles. The average Bonchev–Trinajstić information content (AvgIpc) is 2.25. The lowest BCUT2D eigenvalue weighted by Gasteiger charge is -2.39. The summed E-state index contributed by atoms with van der Waals surface area (Å²) >= 11 is 5.22. The van der Waals surface area contributed by atoms with Crippen molar-refractivity contribution in [2.24, 2.45) is 11.1 Å². The van der Waals surface area contributed by atoms with E-state index in [2.05, 4.69) is 25.7 Å². The van der Waals surface area contributed by atoms with Gasteiger partial charge in [-0.3, -0.25) is 0 Å². The summed E-state index contributed by atoms with van der Waals surface area (Å²) in [5.74, 6) is 0.970. The van der Waals surface area contributed by atoms with Crippen molar-refractivity contribution in [3.8, 4) is 0 Å². The van der Waals surface area contributed by atoms with Crippen molar-refractivity contribution in [3.05, 3.63) is 22.9 Å². The van der Waals surface area contributed by atoms with Gasteiger partial charge in [-0.2, -0.15) is 0 Å². The number of piperidine rings is 1. The number of aromatic nitrogens is 1. The topological polar surface area (TPSA) is 42.1 Å². The largest absolute Gasteiger partial charge is 0.389 e. The highest BCUT2D eigenvalue weighted by Gasteiger charge is 2.29. The molecule has 1 aliphatic rings. The van der Waals surface area contributed by atoms with Crippen LogP contribution in [0, 0.1) is 19.3 Å². The molecular formula is C15H23N3S. The van der Waals surface area contributed by atoms with Crippen LogP contribution < -0.4 is 10.6 Å². The van der Waals surface area contributed by atoms with Crippen LogP contribution in [0.5, 0.6) is 0 Å². The highest BCUT2D eigenvalue weighted by atomic mass is 32.1. The van der Waals surface area contributed by atoms with Gasteiger partial charge >= 0.3 is 0 Å². The van der Waals surface area contributed by atoms with Crippen LogP contribution in [0.25, 0.3) is 0 Å². The fraction of sp³-hybridized carbons (Fsp3) is 0.600. The molecule has 2 N–H and O–H groups in total. The molecular weight excluding hydrogens is 254 g/mol. The molecule has 0 atom stereocenters. The monoisotopic (exact) mass is 277 g/mol. The van der Waals surface area contributed by atoms with Gasteiger partial charge in [-0.1, -0.05) is 26.1 Å². The highest BCUT2D eigenvalue weighted by Crippen LogP contribution is 2.33. The molecule has 0 radical (unpaired) electrons. The maximum Gasteiger partial charge on any atom is 0.139 e. The van der Waals surface area contributed by atoms with Gasteiger partial charge < -0.3 is 10.6 Å².